The first-order chi connectivity index (χ1) is 8.22. The molecule has 0 spiro atoms. The van der Waals surface area contributed by atoms with E-state index in [2.05, 4.69) is 5.32 Å². The van der Waals surface area contributed by atoms with Crippen LogP contribution in [0.25, 0.3) is 0 Å². The van der Waals surface area contributed by atoms with Gasteiger partial charge in [-0.25, -0.2) is 4.79 Å². The summed E-state index contributed by atoms with van der Waals surface area (Å²) in [7, 11) is 1.38. The van der Waals surface area contributed by atoms with Crippen molar-refractivity contribution in [1.82, 2.24) is 10.2 Å². The van der Waals surface area contributed by atoms with Crippen molar-refractivity contribution >= 4 is 11.9 Å². The minimum Gasteiger partial charge on any atom is -0.467 e. The Morgan fingerprint density at radius 1 is 1.53 bits per heavy atom. The third kappa shape index (κ3) is 2.77. The van der Waals surface area contributed by atoms with Crippen molar-refractivity contribution in [2.24, 2.45) is 5.92 Å². The molecule has 1 N–H and O–H groups in total. The van der Waals surface area contributed by atoms with Crippen LogP contribution in [-0.2, 0) is 14.3 Å². The highest BCUT2D eigenvalue weighted by Gasteiger charge is 2.37. The lowest BCUT2D eigenvalue weighted by atomic mass is 9.99. The summed E-state index contributed by atoms with van der Waals surface area (Å²) in [6, 6.07) is -0.352. The highest BCUT2D eigenvalue weighted by atomic mass is 16.5. The van der Waals surface area contributed by atoms with Crippen molar-refractivity contribution < 1.29 is 14.3 Å². The topological polar surface area (TPSA) is 58.6 Å². The summed E-state index contributed by atoms with van der Waals surface area (Å²) in [4.78, 5) is 25.1. The van der Waals surface area contributed by atoms with Crippen LogP contribution >= 0.6 is 0 Å². The Morgan fingerprint density at radius 3 is 3.00 bits per heavy atom. The molecular formula is C12H20N2O3. The Morgan fingerprint density at radius 2 is 2.35 bits per heavy atom. The Bertz CT molecular complexity index is 300. The lowest BCUT2D eigenvalue weighted by Gasteiger charge is -2.30. The Hall–Kier alpha value is -1.10. The number of rotatable bonds is 3. The average Bonchev–Trinajstić information content (AvgIpc) is 2.72. The molecule has 17 heavy (non-hydrogen) atoms. The number of nitrogens with zero attached hydrogens (tertiary/aromatic N) is 1. The van der Waals surface area contributed by atoms with E-state index >= 15 is 0 Å². The summed E-state index contributed by atoms with van der Waals surface area (Å²) in [5.41, 5.74) is 0. The van der Waals surface area contributed by atoms with E-state index in [1.54, 1.807) is 4.90 Å². The molecule has 0 aromatic heterocycles. The molecule has 2 atom stereocenters. The van der Waals surface area contributed by atoms with Gasteiger partial charge in [0.15, 0.2) is 0 Å². The number of esters is 1. The largest absolute Gasteiger partial charge is 0.467 e. The van der Waals surface area contributed by atoms with Crippen molar-refractivity contribution in [3.63, 3.8) is 0 Å². The second kappa shape index (κ2) is 5.49. The molecule has 0 aromatic carbocycles. The fraction of sp³-hybridized carbons (Fsp3) is 0.833. The molecule has 1 amide bonds. The summed E-state index contributed by atoms with van der Waals surface area (Å²) < 4.78 is 4.75. The van der Waals surface area contributed by atoms with Gasteiger partial charge >= 0.3 is 5.97 Å². The average molecular weight is 240 g/mol. The molecule has 2 fully saturated rings. The van der Waals surface area contributed by atoms with Gasteiger partial charge in [0.2, 0.25) is 5.91 Å². The summed E-state index contributed by atoms with van der Waals surface area (Å²) in [6.07, 6.45) is 3.35. The van der Waals surface area contributed by atoms with Crippen LogP contribution < -0.4 is 5.32 Å². The molecule has 2 saturated heterocycles. The van der Waals surface area contributed by atoms with E-state index in [0.717, 1.165) is 25.9 Å². The number of methoxy groups -OCH3 is 1. The van der Waals surface area contributed by atoms with Crippen molar-refractivity contribution in [2.75, 3.05) is 26.7 Å². The highest BCUT2D eigenvalue weighted by molar-refractivity contribution is 5.88. The Balaban J connectivity index is 1.95. The minimum atomic E-state index is -0.352. The maximum Gasteiger partial charge on any atom is 0.328 e. The number of nitrogens with one attached hydrogen (secondary N) is 1. The fourth-order valence-corrected chi connectivity index (χ4v) is 2.70. The molecule has 5 heteroatoms. The van der Waals surface area contributed by atoms with E-state index in [-0.39, 0.29) is 17.9 Å². The van der Waals surface area contributed by atoms with Gasteiger partial charge in [0.25, 0.3) is 0 Å². The first-order valence-electron chi connectivity index (χ1n) is 6.30. The number of piperidine rings is 1. The molecule has 2 rings (SSSR count). The quantitative estimate of drug-likeness (QED) is 0.713. The van der Waals surface area contributed by atoms with Crippen molar-refractivity contribution in [3.8, 4) is 0 Å². The number of hydrogen-bond acceptors (Lipinski definition) is 4. The molecule has 5 nitrogen and oxygen atoms in total. The van der Waals surface area contributed by atoms with Crippen LogP contribution in [0.4, 0.5) is 0 Å². The first-order valence-corrected chi connectivity index (χ1v) is 6.30. The van der Waals surface area contributed by atoms with Gasteiger partial charge in [0.05, 0.1) is 7.11 Å². The lowest BCUT2D eigenvalue weighted by molar-refractivity contribution is -0.149. The van der Waals surface area contributed by atoms with Gasteiger partial charge in [-0.3, -0.25) is 4.79 Å². The first kappa shape index (κ1) is 12.4. The SMILES string of the molecule is COC(=O)[C@@H]1CCC(=O)N1C[C@H]1CCCNC1. The second-order valence-corrected chi connectivity index (χ2v) is 4.84. The zero-order valence-electron chi connectivity index (χ0n) is 10.3. The maximum absolute atomic E-state index is 11.8. The predicted molar refractivity (Wildman–Crippen MR) is 62.3 cm³/mol. The molecule has 2 heterocycles. The molecule has 2 aliphatic heterocycles. The van der Waals surface area contributed by atoms with Crippen LogP contribution in [0.3, 0.4) is 0 Å². The summed E-state index contributed by atoms with van der Waals surface area (Å²) in [6.45, 7) is 2.69. The molecule has 0 aliphatic carbocycles. The van der Waals surface area contributed by atoms with Crippen molar-refractivity contribution in [3.05, 3.63) is 0 Å². The lowest BCUT2D eigenvalue weighted by Crippen LogP contribution is -2.45. The summed E-state index contributed by atoms with van der Waals surface area (Å²) in [5, 5.41) is 3.33. The van der Waals surface area contributed by atoms with Crippen LogP contribution in [-0.4, -0.2) is 49.6 Å². The molecule has 0 unspecified atom stereocenters. The van der Waals surface area contributed by atoms with Gasteiger partial charge in [-0.05, 0) is 38.3 Å². The van der Waals surface area contributed by atoms with Crippen LogP contribution in [0.15, 0.2) is 0 Å². The second-order valence-electron chi connectivity index (χ2n) is 4.84. The van der Waals surface area contributed by atoms with Crippen LogP contribution in [0.1, 0.15) is 25.7 Å². The third-order valence-corrected chi connectivity index (χ3v) is 3.66. The number of carbonyl (C=O) groups excluding carboxylic acids is 2. The predicted octanol–water partition coefficient (Wildman–Crippen LogP) is 0.150. The molecule has 96 valence electrons. The van der Waals surface area contributed by atoms with E-state index in [1.165, 1.54) is 7.11 Å². The molecular weight excluding hydrogens is 220 g/mol. The molecule has 0 saturated carbocycles. The zero-order chi connectivity index (χ0) is 12.3. The van der Waals surface area contributed by atoms with Gasteiger partial charge in [0, 0.05) is 13.0 Å². The van der Waals surface area contributed by atoms with E-state index in [0.29, 0.717) is 25.3 Å². The monoisotopic (exact) mass is 240 g/mol. The third-order valence-electron chi connectivity index (χ3n) is 3.66. The van der Waals surface area contributed by atoms with E-state index in [9.17, 15) is 9.59 Å². The number of hydrogen-bond donors (Lipinski definition) is 1. The van der Waals surface area contributed by atoms with Crippen molar-refractivity contribution in [2.45, 2.75) is 31.7 Å². The summed E-state index contributed by atoms with van der Waals surface area (Å²) >= 11 is 0. The minimum absolute atomic E-state index is 0.0889. The van der Waals surface area contributed by atoms with Crippen LogP contribution in [0.2, 0.25) is 0 Å². The summed E-state index contributed by atoms with van der Waals surface area (Å²) in [5.74, 6) is 0.281. The van der Waals surface area contributed by atoms with Crippen LogP contribution in [0, 0.1) is 5.92 Å². The van der Waals surface area contributed by atoms with E-state index in [1.807, 2.05) is 0 Å². The Kier molecular flexibility index (Phi) is 3.99. The van der Waals surface area contributed by atoms with Gasteiger partial charge in [-0.1, -0.05) is 0 Å². The standard InChI is InChI=1S/C12H20N2O3/c1-17-12(16)10-4-5-11(15)14(10)8-9-3-2-6-13-7-9/h9-10,13H,2-8H2,1H3/t9-,10-/m0/s1. The molecule has 0 radical (unpaired) electrons. The number of likely N-dealkylation sites (tertiary alicyclic amines) is 1. The van der Waals surface area contributed by atoms with Gasteiger partial charge in [0.1, 0.15) is 6.04 Å². The number of carbonyl (C=O) groups is 2. The van der Waals surface area contributed by atoms with Crippen LogP contribution in [0.5, 0.6) is 0 Å². The van der Waals surface area contributed by atoms with E-state index in [4.69, 9.17) is 4.74 Å². The molecule has 0 aromatic rings. The van der Waals surface area contributed by atoms with E-state index < -0.39 is 0 Å². The molecule has 0 bridgehead atoms. The molecule has 2 aliphatic rings. The van der Waals surface area contributed by atoms with Gasteiger partial charge in [-0.15, -0.1) is 0 Å². The smallest absolute Gasteiger partial charge is 0.328 e. The van der Waals surface area contributed by atoms with Gasteiger partial charge in [-0.2, -0.15) is 0 Å². The maximum atomic E-state index is 11.8. The number of amides is 1. The highest BCUT2D eigenvalue weighted by Crippen LogP contribution is 2.23. The fourth-order valence-electron chi connectivity index (χ4n) is 2.70. The Labute approximate surface area is 101 Å². The van der Waals surface area contributed by atoms with Gasteiger partial charge < -0.3 is 15.0 Å². The normalized spacial score (nSPS) is 29.5. The number of ether oxygens (including phenoxy) is 1. The zero-order valence-corrected chi connectivity index (χ0v) is 10.3. The van der Waals surface area contributed by atoms with Crippen molar-refractivity contribution in [1.29, 1.82) is 0 Å².